The van der Waals surface area contributed by atoms with Gasteiger partial charge in [-0.1, -0.05) is 77.7 Å². The Kier molecular flexibility index (Phi) is 5.24. The molecular weight excluding hydrogens is 530 g/mol. The molecule has 0 unspecified atom stereocenters. The van der Waals surface area contributed by atoms with Gasteiger partial charge < -0.3 is 14.0 Å². The Morgan fingerprint density at radius 3 is 1.98 bits per heavy atom. The second-order valence-corrected chi connectivity index (χ2v) is 11.3. The Labute approximate surface area is 259 Å². The van der Waals surface area contributed by atoms with E-state index in [2.05, 4.69) is 82.3 Å². The van der Waals surface area contributed by atoms with E-state index in [4.69, 9.17) is 43.6 Å². The quantitative estimate of drug-likeness (QED) is 0.327. The van der Waals surface area contributed by atoms with Crippen LogP contribution in [0.3, 0.4) is 0 Å². The van der Waals surface area contributed by atoms with Crippen LogP contribution in [0.15, 0.2) is 101 Å². The minimum atomic E-state index is 0.171. The molecule has 9 aromatic rings. The maximum absolute atomic E-state index is 6.64. The molecule has 0 aliphatic carbocycles. The van der Waals surface area contributed by atoms with E-state index in [1.54, 1.807) is 0 Å². The first-order valence-electron chi connectivity index (χ1n) is 14.3. The molecule has 3 aromatic heterocycles. The normalized spacial score (nSPS) is 12.1. The van der Waals surface area contributed by atoms with Gasteiger partial charge in [0.1, 0.15) is 50.4 Å². The second kappa shape index (κ2) is 9.03. The molecule has 0 aliphatic rings. The maximum Gasteiger partial charge on any atom is 0.143 e. The van der Waals surface area contributed by atoms with Crippen molar-refractivity contribution >= 4 is 132 Å². The van der Waals surface area contributed by atoms with Crippen LogP contribution in [0.4, 0.5) is 0 Å². The number of H-pyrrole nitrogens is 1. The Bertz CT molecular complexity index is 2650. The fraction of sp³-hybridized carbons (Fsp3) is 0. The molecular formula is C36H17B5N2O. The topological polar surface area (TPSA) is 33.9 Å². The second-order valence-electron chi connectivity index (χ2n) is 11.3. The number of benzene rings is 6. The Balaban J connectivity index is 1.50. The van der Waals surface area contributed by atoms with E-state index in [0.29, 0.717) is 16.7 Å². The first kappa shape index (κ1) is 25.5. The predicted molar refractivity (Wildman–Crippen MR) is 190 cm³/mol. The Hall–Kier alpha value is -4.96. The van der Waals surface area contributed by atoms with E-state index < -0.39 is 0 Å². The third-order valence-corrected chi connectivity index (χ3v) is 9.00. The van der Waals surface area contributed by atoms with Crippen molar-refractivity contribution in [2.24, 2.45) is 0 Å². The van der Waals surface area contributed by atoms with Crippen LogP contribution in [0.1, 0.15) is 0 Å². The molecule has 0 spiro atoms. The first-order chi connectivity index (χ1) is 21.4. The van der Waals surface area contributed by atoms with Crippen molar-refractivity contribution in [1.29, 1.82) is 0 Å². The van der Waals surface area contributed by atoms with E-state index in [1.807, 2.05) is 24.3 Å². The first-order valence-corrected chi connectivity index (χ1v) is 14.3. The molecule has 0 atom stereocenters. The number of aromatic nitrogens is 2. The zero-order valence-electron chi connectivity index (χ0n) is 23.5. The van der Waals surface area contributed by atoms with Crippen molar-refractivity contribution in [3.8, 4) is 16.8 Å². The lowest BCUT2D eigenvalue weighted by Crippen LogP contribution is -2.55. The predicted octanol–water partition coefficient (Wildman–Crippen LogP) is 3.95. The maximum atomic E-state index is 6.64. The lowest BCUT2D eigenvalue weighted by atomic mass is 9.59. The molecule has 1 N–H and O–H groups in total. The number of furan rings is 1. The largest absolute Gasteiger partial charge is 0.455 e. The van der Waals surface area contributed by atoms with E-state index in [-0.39, 0.29) is 27.3 Å². The van der Waals surface area contributed by atoms with Crippen LogP contribution in [0, 0.1) is 0 Å². The van der Waals surface area contributed by atoms with Gasteiger partial charge in [0.15, 0.2) is 0 Å². The summed E-state index contributed by atoms with van der Waals surface area (Å²) in [4.78, 5) is 3.71. The molecule has 0 saturated heterocycles. The highest BCUT2D eigenvalue weighted by Crippen LogP contribution is 2.42. The average molecular weight is 548 g/mol. The van der Waals surface area contributed by atoms with Gasteiger partial charge in [-0.25, -0.2) is 0 Å². The number of aromatic amines is 1. The minimum absolute atomic E-state index is 0.171. The highest BCUT2D eigenvalue weighted by Gasteiger charge is 2.22. The van der Waals surface area contributed by atoms with E-state index in [9.17, 15) is 0 Å². The summed E-state index contributed by atoms with van der Waals surface area (Å²) in [5, 5.41) is 6.48. The summed E-state index contributed by atoms with van der Waals surface area (Å²) < 4.78 is 8.77. The molecule has 6 aromatic carbocycles. The number of nitrogens with one attached hydrogen (secondary N) is 1. The van der Waals surface area contributed by atoms with Gasteiger partial charge in [0, 0.05) is 49.1 Å². The van der Waals surface area contributed by atoms with Crippen molar-refractivity contribution in [3.05, 3.63) is 97.1 Å². The van der Waals surface area contributed by atoms with Crippen molar-refractivity contribution in [3.63, 3.8) is 0 Å². The number of para-hydroxylation sites is 3. The van der Waals surface area contributed by atoms with Gasteiger partial charge in [-0.2, -0.15) is 0 Å². The van der Waals surface area contributed by atoms with Crippen LogP contribution >= 0.6 is 0 Å². The summed E-state index contributed by atoms with van der Waals surface area (Å²) in [6, 6.07) is 33.4. The van der Waals surface area contributed by atoms with Gasteiger partial charge in [0.05, 0.1) is 16.6 Å². The molecule has 3 heterocycles. The van der Waals surface area contributed by atoms with Crippen molar-refractivity contribution in [1.82, 2.24) is 9.55 Å². The lowest BCUT2D eigenvalue weighted by molar-refractivity contribution is 0.670. The molecule has 0 amide bonds. The van der Waals surface area contributed by atoms with Gasteiger partial charge in [0.25, 0.3) is 0 Å². The lowest BCUT2D eigenvalue weighted by Gasteiger charge is -2.22. The van der Waals surface area contributed by atoms with Crippen molar-refractivity contribution in [2.75, 3.05) is 0 Å². The zero-order valence-corrected chi connectivity index (χ0v) is 23.5. The molecule has 9 rings (SSSR count). The van der Waals surface area contributed by atoms with E-state index in [1.165, 1.54) is 5.39 Å². The summed E-state index contributed by atoms with van der Waals surface area (Å²) in [5.74, 6) is 0. The molecule has 0 fully saturated rings. The number of fused-ring (bicyclic) bond motifs is 10. The third-order valence-electron chi connectivity index (χ3n) is 9.00. The highest BCUT2D eigenvalue weighted by atomic mass is 16.3. The van der Waals surface area contributed by atoms with Crippen LogP contribution in [0.25, 0.3) is 82.4 Å². The van der Waals surface area contributed by atoms with E-state index >= 15 is 0 Å². The van der Waals surface area contributed by atoms with Crippen LogP contribution in [0.5, 0.6) is 0 Å². The summed E-state index contributed by atoms with van der Waals surface area (Å²) in [6.07, 6.45) is 0. The smallest absolute Gasteiger partial charge is 0.143 e. The van der Waals surface area contributed by atoms with E-state index in [0.717, 1.165) is 60.3 Å². The molecule has 8 heteroatoms. The molecule has 10 radical (unpaired) electrons. The summed E-state index contributed by atoms with van der Waals surface area (Å²) in [6.45, 7) is 0. The fourth-order valence-corrected chi connectivity index (χ4v) is 6.90. The molecule has 0 saturated carbocycles. The summed E-state index contributed by atoms with van der Waals surface area (Å²) >= 11 is 0. The number of rotatable bonds is 2. The highest BCUT2D eigenvalue weighted by molar-refractivity contribution is 6.68. The summed E-state index contributed by atoms with van der Waals surface area (Å²) in [5.41, 5.74) is 8.79. The monoisotopic (exact) mass is 548 g/mol. The standard InChI is InChI=1S/C36H17B5N2O/c37-29-28(30(38)32(40)33(41)31(29)39)24-16-17(15-23-20-9-3-6-12-27(20)44-36(23)24)43-26-11-5-2-8-19(26)22-14-13-21-18-7-1-4-10-25(18)42-34(21)35(22)43/h1-16,42H. The van der Waals surface area contributed by atoms with Crippen LogP contribution in [0.2, 0.25) is 0 Å². The fourth-order valence-electron chi connectivity index (χ4n) is 6.90. The summed E-state index contributed by atoms with van der Waals surface area (Å²) in [7, 11) is 32.2. The SMILES string of the molecule is [B]c1c([B])c([B])c(-c2cc(-n3c4ccccc4c4ccc5c6ccccc6[nH]c5c43)cc3c2oc2ccccc23)c([B])c1[B]. The Morgan fingerprint density at radius 1 is 0.545 bits per heavy atom. The van der Waals surface area contributed by atoms with Crippen LogP contribution in [-0.2, 0) is 0 Å². The van der Waals surface area contributed by atoms with Crippen molar-refractivity contribution < 1.29 is 4.42 Å². The molecule has 44 heavy (non-hydrogen) atoms. The van der Waals surface area contributed by atoms with Crippen LogP contribution in [-0.4, -0.2) is 48.8 Å². The van der Waals surface area contributed by atoms with Gasteiger partial charge in [-0.15, -0.1) is 16.4 Å². The number of nitrogens with zero attached hydrogens (tertiary/aromatic N) is 1. The zero-order chi connectivity index (χ0) is 29.9. The van der Waals surface area contributed by atoms with Gasteiger partial charge in [-0.05, 0) is 35.9 Å². The minimum Gasteiger partial charge on any atom is -0.455 e. The third kappa shape index (κ3) is 3.28. The Morgan fingerprint density at radius 2 is 1.18 bits per heavy atom. The molecule has 3 nitrogen and oxygen atoms in total. The van der Waals surface area contributed by atoms with Gasteiger partial charge >= 0.3 is 0 Å². The van der Waals surface area contributed by atoms with Gasteiger partial charge in [-0.3, -0.25) is 0 Å². The molecule has 0 aliphatic heterocycles. The molecule has 0 bridgehead atoms. The van der Waals surface area contributed by atoms with Crippen molar-refractivity contribution in [2.45, 2.75) is 0 Å². The number of hydrogen-bond donors (Lipinski definition) is 1. The van der Waals surface area contributed by atoms with Crippen LogP contribution < -0.4 is 27.3 Å². The average Bonchev–Trinajstić information content (AvgIpc) is 3.72. The molecule has 192 valence electrons. The van der Waals surface area contributed by atoms with Gasteiger partial charge in [0.2, 0.25) is 0 Å². The number of hydrogen-bond acceptors (Lipinski definition) is 1.